The van der Waals surface area contributed by atoms with Crippen molar-refractivity contribution in [3.63, 3.8) is 0 Å². The first-order valence-corrected chi connectivity index (χ1v) is 12.2. The first-order chi connectivity index (χ1) is 15.7. The molecule has 0 saturated carbocycles. The van der Waals surface area contributed by atoms with Gasteiger partial charge in [0.1, 0.15) is 5.75 Å². The fourth-order valence-electron chi connectivity index (χ4n) is 3.65. The van der Waals surface area contributed by atoms with Gasteiger partial charge in [-0.3, -0.25) is 4.79 Å². The summed E-state index contributed by atoms with van der Waals surface area (Å²) >= 11 is 3.50. The van der Waals surface area contributed by atoms with Crippen LogP contribution in [0.15, 0.2) is 70.2 Å². The van der Waals surface area contributed by atoms with E-state index in [0.29, 0.717) is 6.61 Å². The number of benzene rings is 3. The van der Waals surface area contributed by atoms with Crippen LogP contribution in [0.2, 0.25) is 0 Å². The number of carbonyl (C=O) groups excluding carboxylic acids is 1. The number of hydrazone groups is 1. The van der Waals surface area contributed by atoms with Crippen molar-refractivity contribution in [3.05, 3.63) is 76.3 Å². The van der Waals surface area contributed by atoms with Crippen LogP contribution in [0.5, 0.6) is 5.75 Å². The number of rotatable bonds is 12. The van der Waals surface area contributed by atoms with Crippen molar-refractivity contribution >= 4 is 38.8 Å². The average molecular weight is 495 g/mol. The van der Waals surface area contributed by atoms with E-state index in [9.17, 15) is 4.79 Å². The van der Waals surface area contributed by atoms with Gasteiger partial charge in [0.05, 0.1) is 19.2 Å². The molecule has 0 radical (unpaired) electrons. The Kier molecular flexibility index (Phi) is 9.76. The molecule has 0 bridgehead atoms. The molecule has 0 fully saturated rings. The smallest absolute Gasteiger partial charge is 0.244 e. The maximum Gasteiger partial charge on any atom is 0.244 e. The quantitative estimate of drug-likeness (QED) is 0.167. The Morgan fingerprint density at radius 2 is 1.78 bits per heavy atom. The number of fused-ring (bicyclic) bond motifs is 1. The van der Waals surface area contributed by atoms with Gasteiger partial charge in [0, 0.05) is 10.0 Å². The second kappa shape index (κ2) is 13.0. The summed E-state index contributed by atoms with van der Waals surface area (Å²) in [4.78, 5) is 12.5. The molecule has 0 aliphatic rings. The highest BCUT2D eigenvalue weighted by Gasteiger charge is 2.07. The number of nitrogens with one attached hydrogen (secondary N) is 1. The van der Waals surface area contributed by atoms with Gasteiger partial charge in [-0.2, -0.15) is 5.10 Å². The Morgan fingerprint density at radius 3 is 2.66 bits per heavy atom. The molecule has 0 aliphatic carbocycles. The fourth-order valence-corrected chi connectivity index (χ4v) is 4.03. The lowest BCUT2D eigenvalue weighted by Crippen LogP contribution is -2.20. The van der Waals surface area contributed by atoms with E-state index in [2.05, 4.69) is 45.5 Å². The molecule has 0 unspecified atom stereocenters. The highest BCUT2D eigenvalue weighted by Crippen LogP contribution is 2.22. The van der Waals surface area contributed by atoms with Crippen LogP contribution in [-0.2, 0) is 11.2 Å². The second-order valence-corrected chi connectivity index (χ2v) is 8.82. The molecule has 4 nitrogen and oxygen atoms in total. The molecule has 32 heavy (non-hydrogen) atoms. The molecule has 0 aromatic heterocycles. The summed E-state index contributed by atoms with van der Waals surface area (Å²) in [6, 6.07) is 19.9. The maximum atomic E-state index is 12.5. The van der Waals surface area contributed by atoms with Crippen LogP contribution in [0, 0.1) is 0 Å². The third-order valence-electron chi connectivity index (χ3n) is 5.35. The minimum atomic E-state index is -0.151. The van der Waals surface area contributed by atoms with E-state index in [4.69, 9.17) is 4.74 Å². The van der Waals surface area contributed by atoms with Crippen molar-refractivity contribution in [1.29, 1.82) is 0 Å². The van der Waals surface area contributed by atoms with Crippen molar-refractivity contribution in [2.24, 2.45) is 5.10 Å². The minimum absolute atomic E-state index is 0.151. The van der Waals surface area contributed by atoms with Gasteiger partial charge in [0.25, 0.3) is 0 Å². The lowest BCUT2D eigenvalue weighted by Gasteiger charge is -2.10. The molecule has 0 aliphatic heterocycles. The van der Waals surface area contributed by atoms with Gasteiger partial charge in [0.2, 0.25) is 5.91 Å². The van der Waals surface area contributed by atoms with Crippen LogP contribution < -0.4 is 10.2 Å². The monoisotopic (exact) mass is 494 g/mol. The predicted octanol–water partition coefficient (Wildman–Crippen LogP) is 7.03. The zero-order chi connectivity index (χ0) is 22.6. The number of nitrogens with zero attached hydrogens (tertiary/aromatic N) is 1. The molecule has 1 N–H and O–H groups in total. The Hall–Kier alpha value is -2.66. The van der Waals surface area contributed by atoms with Gasteiger partial charge >= 0.3 is 0 Å². The molecule has 1 amide bonds. The van der Waals surface area contributed by atoms with Crippen LogP contribution in [0.1, 0.15) is 56.6 Å². The third kappa shape index (κ3) is 7.49. The van der Waals surface area contributed by atoms with Crippen LogP contribution >= 0.6 is 15.9 Å². The van der Waals surface area contributed by atoms with Crippen molar-refractivity contribution in [1.82, 2.24) is 5.43 Å². The highest BCUT2D eigenvalue weighted by atomic mass is 79.9. The summed E-state index contributed by atoms with van der Waals surface area (Å²) < 4.78 is 6.91. The van der Waals surface area contributed by atoms with Crippen molar-refractivity contribution in [2.75, 3.05) is 6.61 Å². The van der Waals surface area contributed by atoms with Gasteiger partial charge in [-0.05, 0) is 41.0 Å². The average Bonchev–Trinajstić information content (AvgIpc) is 2.80. The Labute approximate surface area is 199 Å². The van der Waals surface area contributed by atoms with Crippen molar-refractivity contribution < 1.29 is 9.53 Å². The van der Waals surface area contributed by atoms with E-state index in [1.54, 1.807) is 6.21 Å². The first kappa shape index (κ1) is 24.0. The van der Waals surface area contributed by atoms with E-state index in [0.717, 1.165) is 38.5 Å². The Bertz CT molecular complexity index is 1040. The summed E-state index contributed by atoms with van der Waals surface area (Å²) in [5.74, 6) is 0.621. The first-order valence-electron chi connectivity index (χ1n) is 11.4. The Morgan fingerprint density at radius 1 is 1.00 bits per heavy atom. The van der Waals surface area contributed by atoms with Crippen LogP contribution in [0.4, 0.5) is 0 Å². The fraction of sp³-hybridized carbons (Fsp3) is 0.333. The molecule has 3 aromatic rings. The van der Waals surface area contributed by atoms with Gasteiger partial charge in [-0.15, -0.1) is 0 Å². The van der Waals surface area contributed by atoms with Crippen molar-refractivity contribution in [3.8, 4) is 5.75 Å². The van der Waals surface area contributed by atoms with E-state index in [-0.39, 0.29) is 12.3 Å². The second-order valence-electron chi connectivity index (χ2n) is 7.91. The zero-order valence-corrected chi connectivity index (χ0v) is 20.2. The van der Waals surface area contributed by atoms with E-state index in [1.807, 2.05) is 48.5 Å². The van der Waals surface area contributed by atoms with Crippen LogP contribution in [0.25, 0.3) is 10.8 Å². The van der Waals surface area contributed by atoms with E-state index in [1.165, 1.54) is 32.1 Å². The standard InChI is InChI=1S/C27H31BrN2O2/c1-2-3-4-5-6-9-17-32-26-16-15-24(28)18-23(26)20-29-30-27(31)19-22-13-10-12-21-11-7-8-14-25(21)22/h7-8,10-16,18,20H,2-6,9,17,19H2,1H3,(H,30,31)/b29-20+. The summed E-state index contributed by atoms with van der Waals surface area (Å²) in [6.07, 6.45) is 9.26. The molecule has 0 spiro atoms. The highest BCUT2D eigenvalue weighted by molar-refractivity contribution is 9.10. The zero-order valence-electron chi connectivity index (χ0n) is 18.6. The minimum Gasteiger partial charge on any atom is -0.493 e. The van der Waals surface area contributed by atoms with Gasteiger partial charge in [-0.1, -0.05) is 97.4 Å². The SMILES string of the molecule is CCCCCCCCOc1ccc(Br)cc1/C=N/NC(=O)Cc1cccc2ccccc12. The number of ether oxygens (including phenoxy) is 1. The van der Waals surface area contributed by atoms with Gasteiger partial charge in [-0.25, -0.2) is 5.43 Å². The number of carbonyl (C=O) groups is 1. The molecule has 3 aromatic carbocycles. The topological polar surface area (TPSA) is 50.7 Å². The molecule has 0 saturated heterocycles. The van der Waals surface area contributed by atoms with E-state index < -0.39 is 0 Å². The third-order valence-corrected chi connectivity index (χ3v) is 5.84. The summed E-state index contributed by atoms with van der Waals surface area (Å²) in [5, 5.41) is 6.39. The van der Waals surface area contributed by atoms with Crippen LogP contribution in [-0.4, -0.2) is 18.7 Å². The predicted molar refractivity (Wildman–Crippen MR) is 136 cm³/mol. The largest absolute Gasteiger partial charge is 0.493 e. The molecule has 3 rings (SSSR count). The van der Waals surface area contributed by atoms with Gasteiger partial charge < -0.3 is 4.74 Å². The summed E-state index contributed by atoms with van der Waals surface area (Å²) in [6.45, 7) is 2.91. The van der Waals surface area contributed by atoms with E-state index >= 15 is 0 Å². The number of hydrogen-bond acceptors (Lipinski definition) is 3. The maximum absolute atomic E-state index is 12.5. The molecular weight excluding hydrogens is 464 g/mol. The lowest BCUT2D eigenvalue weighted by atomic mass is 10.0. The molecule has 0 heterocycles. The van der Waals surface area contributed by atoms with Crippen molar-refractivity contribution in [2.45, 2.75) is 51.9 Å². The molecular formula is C27H31BrN2O2. The molecule has 5 heteroatoms. The number of halogens is 1. The number of amides is 1. The molecule has 0 atom stereocenters. The summed E-state index contributed by atoms with van der Waals surface area (Å²) in [5.41, 5.74) is 4.46. The number of unbranched alkanes of at least 4 members (excludes halogenated alkanes) is 5. The lowest BCUT2D eigenvalue weighted by molar-refractivity contribution is -0.120. The normalized spacial score (nSPS) is 11.2. The van der Waals surface area contributed by atoms with Gasteiger partial charge in [0.15, 0.2) is 0 Å². The number of hydrogen-bond donors (Lipinski definition) is 1. The Balaban J connectivity index is 1.54. The van der Waals surface area contributed by atoms with Crippen LogP contribution in [0.3, 0.4) is 0 Å². The summed E-state index contributed by atoms with van der Waals surface area (Å²) in [7, 11) is 0. The molecule has 168 valence electrons.